The number of methoxy groups -OCH3 is 2. The molecule has 0 aliphatic heterocycles. The van der Waals surface area contributed by atoms with Crippen LogP contribution in [0.25, 0.3) is 0 Å². The van der Waals surface area contributed by atoms with Gasteiger partial charge < -0.3 is 9.47 Å². The number of carbonyl (C=O) groups is 3. The molecule has 5 heteroatoms. The van der Waals surface area contributed by atoms with Gasteiger partial charge in [-0.25, -0.2) is 0 Å². The fraction of sp³-hybridized carbons (Fsp3) is 0.438. The quantitative estimate of drug-likeness (QED) is 0.627. The van der Waals surface area contributed by atoms with Gasteiger partial charge in [0.25, 0.3) is 0 Å². The van der Waals surface area contributed by atoms with Crippen LogP contribution in [0.1, 0.15) is 30.7 Å². The van der Waals surface area contributed by atoms with Crippen molar-refractivity contribution in [3.05, 3.63) is 35.9 Å². The van der Waals surface area contributed by atoms with E-state index in [1.165, 1.54) is 14.2 Å². The van der Waals surface area contributed by atoms with E-state index in [2.05, 4.69) is 0 Å². The Morgan fingerprint density at radius 1 is 1.10 bits per heavy atom. The number of hydrogen-bond acceptors (Lipinski definition) is 5. The van der Waals surface area contributed by atoms with Crippen LogP contribution in [0.4, 0.5) is 0 Å². The summed E-state index contributed by atoms with van der Waals surface area (Å²) in [5.41, 5.74) is -0.946. The lowest BCUT2D eigenvalue weighted by Gasteiger charge is -2.38. The largest absolute Gasteiger partial charge is 0.468 e. The van der Waals surface area contributed by atoms with Crippen molar-refractivity contribution in [2.45, 2.75) is 25.2 Å². The summed E-state index contributed by atoms with van der Waals surface area (Å²) in [4.78, 5) is 37.1. The van der Waals surface area contributed by atoms with Crippen LogP contribution < -0.4 is 0 Å². The second kappa shape index (κ2) is 6.08. The first-order valence-corrected chi connectivity index (χ1v) is 6.82. The number of Topliss-reactive ketones (excluding diaryl/α,β-unsaturated/α-hetero) is 1. The molecule has 0 bridgehead atoms. The van der Waals surface area contributed by atoms with Crippen LogP contribution in [0.5, 0.6) is 0 Å². The molecule has 2 rings (SSSR count). The molecule has 0 radical (unpaired) electrons. The molecule has 1 unspecified atom stereocenters. The maximum atomic E-state index is 12.4. The maximum Gasteiger partial charge on any atom is 0.324 e. The first-order chi connectivity index (χ1) is 10.1. The SMILES string of the molecule is COC(=O)C1(C(=O)OC)CCCC(=O)C1c1ccccc1. The first kappa shape index (κ1) is 15.2. The van der Waals surface area contributed by atoms with E-state index in [0.717, 1.165) is 0 Å². The maximum absolute atomic E-state index is 12.4. The van der Waals surface area contributed by atoms with E-state index in [0.29, 0.717) is 18.4 Å². The third-order valence-electron chi connectivity index (χ3n) is 4.04. The van der Waals surface area contributed by atoms with Gasteiger partial charge in [0.1, 0.15) is 5.78 Å². The van der Waals surface area contributed by atoms with Gasteiger partial charge in [-0.15, -0.1) is 0 Å². The highest BCUT2D eigenvalue weighted by atomic mass is 16.5. The van der Waals surface area contributed by atoms with Gasteiger partial charge in [-0.05, 0) is 18.4 Å². The molecule has 1 aromatic carbocycles. The van der Waals surface area contributed by atoms with Gasteiger partial charge in [-0.3, -0.25) is 14.4 Å². The Morgan fingerprint density at radius 2 is 1.67 bits per heavy atom. The fourth-order valence-electron chi connectivity index (χ4n) is 3.11. The van der Waals surface area contributed by atoms with Crippen molar-refractivity contribution in [3.8, 4) is 0 Å². The number of ether oxygens (including phenoxy) is 2. The van der Waals surface area contributed by atoms with Gasteiger partial charge in [0.2, 0.25) is 0 Å². The average molecular weight is 290 g/mol. The number of benzene rings is 1. The topological polar surface area (TPSA) is 69.7 Å². The van der Waals surface area contributed by atoms with Gasteiger partial charge in [-0.2, -0.15) is 0 Å². The van der Waals surface area contributed by atoms with Crippen molar-refractivity contribution >= 4 is 17.7 Å². The molecule has 1 aliphatic carbocycles. The van der Waals surface area contributed by atoms with Crippen molar-refractivity contribution in [2.75, 3.05) is 14.2 Å². The van der Waals surface area contributed by atoms with Crippen LogP contribution in [-0.4, -0.2) is 31.9 Å². The molecule has 0 N–H and O–H groups in total. The lowest BCUT2D eigenvalue weighted by molar-refractivity contribution is -0.175. The summed E-state index contributed by atoms with van der Waals surface area (Å²) in [6.07, 6.45) is 1.05. The van der Waals surface area contributed by atoms with Gasteiger partial charge >= 0.3 is 11.9 Å². The van der Waals surface area contributed by atoms with E-state index in [1.807, 2.05) is 6.07 Å². The first-order valence-electron chi connectivity index (χ1n) is 6.82. The normalized spacial score (nSPS) is 20.7. The highest BCUT2D eigenvalue weighted by Crippen LogP contribution is 2.47. The highest BCUT2D eigenvalue weighted by molar-refractivity contribution is 6.08. The molecule has 1 aliphatic rings. The molecule has 0 saturated heterocycles. The predicted octanol–water partition coefficient (Wildman–Crippen LogP) is 1.86. The molecule has 0 spiro atoms. The summed E-state index contributed by atoms with van der Waals surface area (Å²) in [5, 5.41) is 0. The Bertz CT molecular complexity index is 533. The van der Waals surface area contributed by atoms with Crippen molar-refractivity contribution in [1.29, 1.82) is 0 Å². The van der Waals surface area contributed by atoms with E-state index in [1.54, 1.807) is 24.3 Å². The third kappa shape index (κ3) is 2.44. The van der Waals surface area contributed by atoms with Crippen LogP contribution in [0.15, 0.2) is 30.3 Å². The minimum Gasteiger partial charge on any atom is -0.468 e. The van der Waals surface area contributed by atoms with E-state index >= 15 is 0 Å². The predicted molar refractivity (Wildman–Crippen MR) is 74.5 cm³/mol. The van der Waals surface area contributed by atoms with Crippen LogP contribution >= 0.6 is 0 Å². The molecule has 1 aromatic rings. The van der Waals surface area contributed by atoms with E-state index < -0.39 is 23.3 Å². The Labute approximate surface area is 123 Å². The molecular weight excluding hydrogens is 272 g/mol. The van der Waals surface area contributed by atoms with Crippen LogP contribution in [0.2, 0.25) is 0 Å². The fourth-order valence-corrected chi connectivity index (χ4v) is 3.11. The standard InChI is InChI=1S/C16H18O5/c1-20-14(18)16(15(19)21-2)10-6-9-12(17)13(16)11-7-4-3-5-8-11/h3-5,7-8,13H,6,9-10H2,1-2H3. The Morgan fingerprint density at radius 3 is 2.19 bits per heavy atom. The monoisotopic (exact) mass is 290 g/mol. The van der Waals surface area contributed by atoms with Crippen LogP contribution in [0.3, 0.4) is 0 Å². The average Bonchev–Trinajstić information content (AvgIpc) is 2.53. The van der Waals surface area contributed by atoms with Gasteiger partial charge in [0.15, 0.2) is 5.41 Å². The summed E-state index contributed by atoms with van der Waals surface area (Å²) >= 11 is 0. The Hall–Kier alpha value is -2.17. The zero-order valence-corrected chi connectivity index (χ0v) is 12.1. The zero-order chi connectivity index (χ0) is 15.5. The Balaban J connectivity index is 2.60. The summed E-state index contributed by atoms with van der Waals surface area (Å²) in [7, 11) is 2.43. The summed E-state index contributed by atoms with van der Waals surface area (Å²) in [6, 6.07) is 8.85. The molecule has 0 amide bonds. The lowest BCUT2D eigenvalue weighted by Crippen LogP contribution is -2.50. The molecule has 21 heavy (non-hydrogen) atoms. The third-order valence-corrected chi connectivity index (χ3v) is 4.04. The second-order valence-corrected chi connectivity index (χ2v) is 5.12. The minimum absolute atomic E-state index is 0.136. The van der Waals surface area contributed by atoms with Crippen molar-refractivity contribution < 1.29 is 23.9 Å². The van der Waals surface area contributed by atoms with Crippen molar-refractivity contribution in [3.63, 3.8) is 0 Å². The number of esters is 2. The molecular formula is C16H18O5. The lowest BCUT2D eigenvalue weighted by atomic mass is 9.63. The van der Waals surface area contributed by atoms with E-state index in [-0.39, 0.29) is 12.2 Å². The second-order valence-electron chi connectivity index (χ2n) is 5.12. The van der Waals surface area contributed by atoms with Crippen molar-refractivity contribution in [2.24, 2.45) is 5.41 Å². The molecule has 1 fully saturated rings. The molecule has 5 nitrogen and oxygen atoms in total. The number of rotatable bonds is 3. The molecule has 1 saturated carbocycles. The Kier molecular flexibility index (Phi) is 4.40. The van der Waals surface area contributed by atoms with Gasteiger partial charge in [0, 0.05) is 6.42 Å². The summed E-state index contributed by atoms with van der Waals surface area (Å²) < 4.78 is 9.65. The summed E-state index contributed by atoms with van der Waals surface area (Å²) in [6.45, 7) is 0. The summed E-state index contributed by atoms with van der Waals surface area (Å²) in [5.74, 6) is -2.41. The molecule has 0 aromatic heterocycles. The molecule has 112 valence electrons. The number of ketones is 1. The van der Waals surface area contributed by atoms with E-state index in [4.69, 9.17) is 9.47 Å². The molecule has 1 atom stereocenters. The number of carbonyl (C=O) groups excluding carboxylic acids is 3. The minimum atomic E-state index is -1.58. The number of hydrogen-bond donors (Lipinski definition) is 0. The highest BCUT2D eigenvalue weighted by Gasteiger charge is 2.58. The van der Waals surface area contributed by atoms with Crippen LogP contribution in [-0.2, 0) is 23.9 Å². The van der Waals surface area contributed by atoms with Crippen molar-refractivity contribution in [1.82, 2.24) is 0 Å². The smallest absolute Gasteiger partial charge is 0.324 e. The zero-order valence-electron chi connectivity index (χ0n) is 12.1. The molecule has 0 heterocycles. The van der Waals surface area contributed by atoms with E-state index in [9.17, 15) is 14.4 Å². The van der Waals surface area contributed by atoms with Gasteiger partial charge in [-0.1, -0.05) is 30.3 Å². The van der Waals surface area contributed by atoms with Gasteiger partial charge in [0.05, 0.1) is 20.1 Å². The van der Waals surface area contributed by atoms with Crippen LogP contribution in [0, 0.1) is 5.41 Å².